The van der Waals surface area contributed by atoms with E-state index in [0.29, 0.717) is 39.1 Å². The smallest absolute Gasteiger partial charge is 0.421 e. The van der Waals surface area contributed by atoms with Crippen LogP contribution in [0.3, 0.4) is 0 Å². The minimum Gasteiger partial charge on any atom is -0.491 e. The van der Waals surface area contributed by atoms with Crippen molar-refractivity contribution in [3.63, 3.8) is 0 Å². The number of fused-ring (bicyclic) bond motifs is 4. The van der Waals surface area contributed by atoms with Crippen LogP contribution < -0.4 is 15.0 Å². The van der Waals surface area contributed by atoms with Crippen LogP contribution in [0.5, 0.6) is 5.75 Å². The summed E-state index contributed by atoms with van der Waals surface area (Å²) >= 11 is 1.20. The van der Waals surface area contributed by atoms with Gasteiger partial charge in [0.1, 0.15) is 36.5 Å². The second-order valence-corrected chi connectivity index (χ2v) is 18.0. The van der Waals surface area contributed by atoms with Crippen LogP contribution in [0.25, 0.3) is 10.2 Å². The third-order valence-corrected chi connectivity index (χ3v) is 13.9. The molecule has 3 amide bonds. The van der Waals surface area contributed by atoms with Crippen molar-refractivity contribution in [1.29, 1.82) is 0 Å². The Labute approximate surface area is 410 Å². The molecule has 1 spiro atoms. The number of rotatable bonds is 12. The number of carbonyl (C=O) groups excluding carboxylic acids is 4. The Balaban J connectivity index is 1.24. The number of para-hydroxylation sites is 1. The molecule has 3 aliphatic rings. The van der Waals surface area contributed by atoms with Gasteiger partial charge in [-0.25, -0.2) is 14.7 Å². The molecule has 17 heteroatoms. The minimum atomic E-state index is -2.19. The highest BCUT2D eigenvalue weighted by Crippen LogP contribution is 2.66. The average Bonchev–Trinajstić information content (AvgIpc) is 4.03. The van der Waals surface area contributed by atoms with Gasteiger partial charge in [0.2, 0.25) is 11.8 Å². The number of thiazole rings is 1. The second kappa shape index (κ2) is 19.6. The molecule has 1 aromatic heterocycles. The molecule has 0 bridgehead atoms. The summed E-state index contributed by atoms with van der Waals surface area (Å²) in [5, 5.41) is 34.1. The lowest BCUT2D eigenvalue weighted by molar-refractivity contribution is -0.384. The Morgan fingerprint density at radius 2 is 1.55 bits per heavy atom. The van der Waals surface area contributed by atoms with Crippen LogP contribution in [-0.4, -0.2) is 74.8 Å². The van der Waals surface area contributed by atoms with E-state index >= 15 is 14.4 Å². The van der Waals surface area contributed by atoms with E-state index in [1.54, 1.807) is 42.5 Å². The quantitative estimate of drug-likeness (QED) is 0.0460. The van der Waals surface area contributed by atoms with Crippen LogP contribution in [0.15, 0.2) is 152 Å². The Morgan fingerprint density at radius 1 is 0.831 bits per heavy atom. The number of esters is 1. The van der Waals surface area contributed by atoms with Crippen LogP contribution in [0.4, 0.5) is 21.3 Å². The number of aliphatic hydroxyl groups excluding tert-OH is 2. The number of anilines is 2. The molecule has 4 heterocycles. The van der Waals surface area contributed by atoms with E-state index in [0.717, 1.165) is 9.60 Å². The van der Waals surface area contributed by atoms with E-state index in [9.17, 15) is 25.1 Å². The van der Waals surface area contributed by atoms with Gasteiger partial charge in [0.25, 0.3) is 5.69 Å². The van der Waals surface area contributed by atoms with Gasteiger partial charge in [-0.05, 0) is 82.4 Å². The summed E-state index contributed by atoms with van der Waals surface area (Å²) in [5.41, 5.74) is 0.989. The van der Waals surface area contributed by atoms with Gasteiger partial charge in [-0.2, -0.15) is 0 Å². The molecule has 7 aromatic rings. The van der Waals surface area contributed by atoms with Crippen molar-refractivity contribution in [3.05, 3.63) is 195 Å². The fourth-order valence-corrected chi connectivity index (χ4v) is 11.0. The first kappa shape index (κ1) is 46.5. The highest BCUT2D eigenvalue weighted by molar-refractivity contribution is 7.22. The monoisotopic (exact) mass is 969 g/mol. The van der Waals surface area contributed by atoms with Gasteiger partial charge >= 0.3 is 12.1 Å². The van der Waals surface area contributed by atoms with Gasteiger partial charge < -0.3 is 29.7 Å². The molecule has 16 nitrogen and oxygen atoms in total. The third-order valence-electron chi connectivity index (χ3n) is 13.0. The molecule has 3 N–H and O–H groups in total. The number of benzene rings is 6. The predicted octanol–water partition coefficient (Wildman–Crippen LogP) is 7.95. The van der Waals surface area contributed by atoms with Gasteiger partial charge in [-0.3, -0.25) is 29.4 Å². The first-order valence-corrected chi connectivity index (χ1v) is 23.5. The SMILES string of the molecule is O=C1OC(c2ccccc2)C(c2ccccc2)N2C1C(C(=O)Nc1nc3ccccc3s1)C1(C(=O)N(C(=O)OCc3ccc([N+](=O)[O-])cc3)c3ccc(C#CCCO)cc31)C2c1cccc(OCCO)c1. The number of nitro groups is 1. The molecule has 6 unspecified atom stereocenters. The zero-order valence-electron chi connectivity index (χ0n) is 37.6. The number of nitrogens with one attached hydrogen (secondary N) is 1. The fraction of sp³-hybridized carbons (Fsp3) is 0.204. The van der Waals surface area contributed by atoms with Gasteiger partial charge in [0, 0.05) is 24.1 Å². The number of aromatic nitrogens is 1. The Bertz CT molecular complexity index is 3220. The number of hydrogen-bond donors (Lipinski definition) is 3. The molecule has 2 fully saturated rings. The summed E-state index contributed by atoms with van der Waals surface area (Å²) < 4.78 is 19.2. The summed E-state index contributed by atoms with van der Waals surface area (Å²) in [6.45, 7) is -0.982. The number of cyclic esters (lactones) is 1. The second-order valence-electron chi connectivity index (χ2n) is 17.0. The number of ether oxygens (including phenoxy) is 3. The molecule has 0 saturated carbocycles. The standard InChI is InChI=1S/C54H43N5O11S/c60-27-10-9-12-33-23-26-42-40(30-33)54(51(64)57(42)53(65)69-32-34-21-24-38(25-22-34)59(66)67)44(49(62)56-52-55-41-19-7-8-20-43(41)71-52)46-50(63)70-47(36-15-5-2-6-16-36)45(35-13-3-1-4-14-35)58(46)48(54)37-17-11-18-39(31-37)68-29-28-61/h1-8,11,13-26,30-31,44-48,60-61H,10,27-29,32H2,(H,55,56,62). The van der Waals surface area contributed by atoms with E-state index in [1.165, 1.54) is 41.7 Å². The number of non-ortho nitro benzene ring substituents is 1. The Morgan fingerprint density at radius 3 is 2.27 bits per heavy atom. The van der Waals surface area contributed by atoms with E-state index in [-0.39, 0.29) is 48.3 Å². The minimum absolute atomic E-state index is 0.0518. The number of morpholine rings is 1. The highest BCUT2D eigenvalue weighted by Gasteiger charge is 2.76. The van der Waals surface area contributed by atoms with Crippen LogP contribution >= 0.6 is 11.3 Å². The van der Waals surface area contributed by atoms with Crippen LogP contribution in [0.2, 0.25) is 0 Å². The molecule has 3 aliphatic heterocycles. The summed E-state index contributed by atoms with van der Waals surface area (Å²) in [6.07, 6.45) is -1.99. The van der Waals surface area contributed by atoms with Gasteiger partial charge in [-0.1, -0.05) is 108 Å². The van der Waals surface area contributed by atoms with Crippen LogP contribution in [-0.2, 0) is 35.9 Å². The summed E-state index contributed by atoms with van der Waals surface area (Å²) in [4.78, 5) is 81.1. The number of nitrogens with zero attached hydrogens (tertiary/aromatic N) is 4. The molecule has 10 rings (SSSR count). The van der Waals surface area contributed by atoms with E-state index in [4.69, 9.17) is 19.2 Å². The predicted molar refractivity (Wildman–Crippen MR) is 261 cm³/mol. The number of nitro benzene ring substituents is 1. The molecule has 6 atom stereocenters. The fourth-order valence-electron chi connectivity index (χ4n) is 10.2. The third kappa shape index (κ3) is 8.42. The lowest BCUT2D eigenvalue weighted by Gasteiger charge is -2.46. The molecule has 356 valence electrons. The van der Waals surface area contributed by atoms with Crippen molar-refractivity contribution in [2.75, 3.05) is 30.0 Å². The first-order chi connectivity index (χ1) is 34.6. The van der Waals surface area contributed by atoms with Crippen molar-refractivity contribution < 1.29 is 48.5 Å². The van der Waals surface area contributed by atoms with Gasteiger partial charge in [0.15, 0.2) is 5.13 Å². The lowest BCUT2D eigenvalue weighted by Crippen LogP contribution is -2.54. The average molecular weight is 970 g/mol. The maximum atomic E-state index is 16.6. The topological polar surface area (TPSA) is 211 Å². The Kier molecular flexibility index (Phi) is 12.8. The Hall–Kier alpha value is -8.27. The van der Waals surface area contributed by atoms with E-state index in [1.807, 2.05) is 83.8 Å². The largest absolute Gasteiger partial charge is 0.491 e. The molecule has 71 heavy (non-hydrogen) atoms. The van der Waals surface area contributed by atoms with Crippen molar-refractivity contribution >= 4 is 61.9 Å². The van der Waals surface area contributed by atoms with Crippen LogP contribution in [0.1, 0.15) is 58.0 Å². The van der Waals surface area contributed by atoms with Crippen LogP contribution in [0, 0.1) is 27.9 Å². The number of hydrogen-bond acceptors (Lipinski definition) is 14. The maximum Gasteiger partial charge on any atom is 0.421 e. The zero-order chi connectivity index (χ0) is 49.2. The lowest BCUT2D eigenvalue weighted by atomic mass is 9.65. The highest BCUT2D eigenvalue weighted by atomic mass is 32.1. The van der Waals surface area contributed by atoms with Crippen molar-refractivity contribution in [2.24, 2.45) is 5.92 Å². The number of imide groups is 1. The molecule has 6 aromatic carbocycles. The first-order valence-electron chi connectivity index (χ1n) is 22.7. The number of amides is 3. The molecule has 0 radical (unpaired) electrons. The molecule has 0 aliphatic carbocycles. The zero-order valence-corrected chi connectivity index (χ0v) is 38.4. The van der Waals surface area contributed by atoms with Gasteiger partial charge in [-0.15, -0.1) is 0 Å². The van der Waals surface area contributed by atoms with E-state index in [2.05, 4.69) is 17.2 Å². The normalized spacial score (nSPS) is 21.2. The summed E-state index contributed by atoms with van der Waals surface area (Å²) in [6, 6.07) is 39.2. The summed E-state index contributed by atoms with van der Waals surface area (Å²) in [7, 11) is 0. The van der Waals surface area contributed by atoms with Crippen molar-refractivity contribution in [3.8, 4) is 17.6 Å². The van der Waals surface area contributed by atoms with Crippen molar-refractivity contribution in [1.82, 2.24) is 9.88 Å². The van der Waals surface area contributed by atoms with Crippen molar-refractivity contribution in [2.45, 2.75) is 42.7 Å². The van der Waals surface area contributed by atoms with E-state index < -0.39 is 71.0 Å². The molecule has 2 saturated heterocycles. The van der Waals surface area contributed by atoms with Gasteiger partial charge in [0.05, 0.1) is 52.0 Å². The summed E-state index contributed by atoms with van der Waals surface area (Å²) in [5.74, 6) is 2.16. The number of aliphatic hydroxyl groups is 2. The molecular formula is C54H43N5O11S. The maximum absolute atomic E-state index is 16.6. The molecular weight excluding hydrogens is 927 g/mol. The number of carbonyl (C=O) groups is 4.